The lowest BCUT2D eigenvalue weighted by Gasteiger charge is -2.28. The SMILES string of the molecule is C=C(COC)C1=CCB(O)OC1CC/C(=C/c1cccc(O)c1)CCC. The molecule has 1 atom stereocenters. The molecule has 0 radical (unpaired) electrons. The standard InChI is InChI=1S/C21H29BO4/c1-4-6-17(13-18-7-5-8-19(23)14-18)9-10-21-20(16(2)15-25-3)11-12-22(24)26-21/h5,7-8,11,13-14,21,23-24H,2,4,6,9-10,12,15H2,1,3H3/b17-13+. The van der Waals surface area contributed by atoms with Crippen molar-refractivity contribution in [2.24, 2.45) is 0 Å². The van der Waals surface area contributed by atoms with E-state index in [1.165, 1.54) is 5.57 Å². The molecule has 0 amide bonds. The van der Waals surface area contributed by atoms with Crippen LogP contribution in [0.2, 0.25) is 6.32 Å². The zero-order valence-electron chi connectivity index (χ0n) is 15.8. The van der Waals surface area contributed by atoms with Crippen molar-refractivity contribution in [1.82, 2.24) is 0 Å². The Bertz CT molecular complexity index is 666. The van der Waals surface area contributed by atoms with Gasteiger partial charge in [-0.05, 0) is 48.1 Å². The lowest BCUT2D eigenvalue weighted by molar-refractivity contribution is 0.176. The van der Waals surface area contributed by atoms with E-state index in [2.05, 4.69) is 19.6 Å². The maximum absolute atomic E-state index is 9.87. The molecule has 1 unspecified atom stereocenters. The first-order valence-corrected chi connectivity index (χ1v) is 9.22. The van der Waals surface area contributed by atoms with Crippen molar-refractivity contribution in [3.63, 3.8) is 0 Å². The molecule has 1 aliphatic rings. The third kappa shape index (κ3) is 6.17. The lowest BCUT2D eigenvalue weighted by atomic mass is 9.78. The van der Waals surface area contributed by atoms with Crippen molar-refractivity contribution in [1.29, 1.82) is 0 Å². The van der Waals surface area contributed by atoms with Gasteiger partial charge in [-0.2, -0.15) is 0 Å². The monoisotopic (exact) mass is 356 g/mol. The van der Waals surface area contributed by atoms with E-state index in [1.807, 2.05) is 18.2 Å². The molecule has 0 spiro atoms. The molecule has 1 aromatic rings. The van der Waals surface area contributed by atoms with Crippen LogP contribution in [-0.2, 0) is 9.39 Å². The highest BCUT2D eigenvalue weighted by atomic mass is 16.5. The minimum atomic E-state index is -0.760. The molecule has 5 heteroatoms. The molecule has 140 valence electrons. The van der Waals surface area contributed by atoms with Crippen LogP contribution in [0.1, 0.15) is 38.2 Å². The summed E-state index contributed by atoms with van der Waals surface area (Å²) in [6, 6.07) is 7.28. The Labute approximate surface area is 157 Å². The number of hydrogen-bond donors (Lipinski definition) is 2. The highest BCUT2D eigenvalue weighted by Gasteiger charge is 2.28. The lowest BCUT2D eigenvalue weighted by Crippen LogP contribution is -2.32. The predicted octanol–water partition coefficient (Wildman–Crippen LogP) is 4.36. The number of aromatic hydroxyl groups is 1. The second-order valence-electron chi connectivity index (χ2n) is 6.70. The van der Waals surface area contributed by atoms with Crippen LogP contribution in [0.15, 0.2) is 53.6 Å². The molecule has 0 bridgehead atoms. The Hall–Kier alpha value is -1.82. The largest absolute Gasteiger partial charge is 0.508 e. The molecule has 2 rings (SSSR count). The van der Waals surface area contributed by atoms with Gasteiger partial charge in [-0.25, -0.2) is 0 Å². The molecule has 2 N–H and O–H groups in total. The summed E-state index contributed by atoms with van der Waals surface area (Å²) in [6.07, 6.45) is 8.13. The van der Waals surface area contributed by atoms with E-state index in [1.54, 1.807) is 19.2 Å². The summed E-state index contributed by atoms with van der Waals surface area (Å²) in [4.78, 5) is 0. The fraction of sp³-hybridized carbons (Fsp3) is 0.429. The number of hydrogen-bond acceptors (Lipinski definition) is 4. The average Bonchev–Trinajstić information content (AvgIpc) is 2.60. The highest BCUT2D eigenvalue weighted by molar-refractivity contribution is 6.43. The predicted molar refractivity (Wildman–Crippen MR) is 107 cm³/mol. The molecule has 0 saturated heterocycles. The quantitative estimate of drug-likeness (QED) is 0.646. The van der Waals surface area contributed by atoms with Crippen LogP contribution in [0.4, 0.5) is 0 Å². The Balaban J connectivity index is 2.09. The number of phenols is 1. The summed E-state index contributed by atoms with van der Waals surface area (Å²) in [5.41, 5.74) is 4.24. The molecule has 1 heterocycles. The first-order chi connectivity index (χ1) is 12.5. The van der Waals surface area contributed by atoms with Crippen molar-refractivity contribution < 1.29 is 19.5 Å². The van der Waals surface area contributed by atoms with Crippen molar-refractivity contribution in [3.05, 3.63) is 59.2 Å². The van der Waals surface area contributed by atoms with E-state index in [4.69, 9.17) is 9.39 Å². The number of rotatable bonds is 9. The molecule has 0 fully saturated rings. The van der Waals surface area contributed by atoms with Crippen molar-refractivity contribution >= 4 is 13.2 Å². The Morgan fingerprint density at radius 1 is 1.42 bits per heavy atom. The third-order valence-corrected chi connectivity index (χ3v) is 4.47. The number of allylic oxidation sites excluding steroid dienone is 2. The van der Waals surface area contributed by atoms with E-state index in [-0.39, 0.29) is 11.9 Å². The molecule has 26 heavy (non-hydrogen) atoms. The summed E-state index contributed by atoms with van der Waals surface area (Å²) in [5.74, 6) is 0.273. The van der Waals surface area contributed by atoms with Gasteiger partial charge in [-0.1, -0.05) is 49.8 Å². The molecule has 0 aromatic heterocycles. The third-order valence-electron chi connectivity index (χ3n) is 4.47. The minimum absolute atomic E-state index is 0.175. The molecule has 0 aliphatic carbocycles. The Kier molecular flexibility index (Phi) is 8.17. The molecule has 1 aromatic carbocycles. The smallest absolute Gasteiger partial charge is 0.458 e. The summed E-state index contributed by atoms with van der Waals surface area (Å²) in [6.45, 7) is 6.70. The number of phenolic OH excluding ortho intramolecular Hbond substituents is 1. The van der Waals surface area contributed by atoms with E-state index >= 15 is 0 Å². The molecule has 4 nitrogen and oxygen atoms in total. The molecule has 1 aliphatic heterocycles. The van der Waals surface area contributed by atoms with Gasteiger partial charge in [0.1, 0.15) is 5.75 Å². The maximum atomic E-state index is 9.87. The highest BCUT2D eigenvalue weighted by Crippen LogP contribution is 2.29. The fourth-order valence-corrected chi connectivity index (χ4v) is 3.29. The van der Waals surface area contributed by atoms with Gasteiger partial charge in [-0.15, -0.1) is 0 Å². The van der Waals surface area contributed by atoms with Gasteiger partial charge in [-0.3, -0.25) is 0 Å². The minimum Gasteiger partial charge on any atom is -0.508 e. The van der Waals surface area contributed by atoms with Gasteiger partial charge < -0.3 is 19.5 Å². The first kappa shape index (κ1) is 20.5. The second-order valence-corrected chi connectivity index (χ2v) is 6.70. The second kappa shape index (κ2) is 10.4. The van der Waals surface area contributed by atoms with Crippen LogP contribution < -0.4 is 0 Å². The summed E-state index contributed by atoms with van der Waals surface area (Å²) >= 11 is 0. The number of ether oxygens (including phenoxy) is 1. The molecular formula is C21H29BO4. The van der Waals surface area contributed by atoms with E-state index in [0.29, 0.717) is 12.9 Å². The van der Waals surface area contributed by atoms with Gasteiger partial charge >= 0.3 is 7.12 Å². The molecule has 0 saturated carbocycles. The topological polar surface area (TPSA) is 58.9 Å². The van der Waals surface area contributed by atoms with Crippen molar-refractivity contribution in [3.8, 4) is 5.75 Å². The maximum Gasteiger partial charge on any atom is 0.458 e. The Morgan fingerprint density at radius 3 is 2.92 bits per heavy atom. The number of benzene rings is 1. The van der Waals surface area contributed by atoms with Crippen LogP contribution in [0.3, 0.4) is 0 Å². The normalized spacial score (nSPS) is 18.0. The zero-order chi connectivity index (χ0) is 18.9. The van der Waals surface area contributed by atoms with Crippen molar-refractivity contribution in [2.45, 2.75) is 45.0 Å². The van der Waals surface area contributed by atoms with Gasteiger partial charge in [0.25, 0.3) is 0 Å². The van der Waals surface area contributed by atoms with Crippen LogP contribution in [0.5, 0.6) is 5.75 Å². The van der Waals surface area contributed by atoms with Gasteiger partial charge in [0.2, 0.25) is 0 Å². The van der Waals surface area contributed by atoms with Gasteiger partial charge in [0, 0.05) is 13.4 Å². The summed E-state index contributed by atoms with van der Waals surface area (Å²) < 4.78 is 11.0. The summed E-state index contributed by atoms with van der Waals surface area (Å²) in [7, 11) is 0.889. The van der Waals surface area contributed by atoms with E-state index in [9.17, 15) is 10.1 Å². The van der Waals surface area contributed by atoms with Crippen molar-refractivity contribution in [2.75, 3.05) is 13.7 Å². The van der Waals surface area contributed by atoms with Crippen LogP contribution in [0, 0.1) is 0 Å². The van der Waals surface area contributed by atoms with Gasteiger partial charge in [0.05, 0.1) is 12.7 Å². The van der Waals surface area contributed by atoms with Crippen LogP contribution in [-0.4, -0.2) is 37.1 Å². The van der Waals surface area contributed by atoms with Gasteiger partial charge in [0.15, 0.2) is 0 Å². The fourth-order valence-electron chi connectivity index (χ4n) is 3.29. The number of methoxy groups -OCH3 is 1. The first-order valence-electron chi connectivity index (χ1n) is 9.22. The Morgan fingerprint density at radius 2 is 2.23 bits per heavy atom. The van der Waals surface area contributed by atoms with E-state index < -0.39 is 7.12 Å². The zero-order valence-corrected chi connectivity index (χ0v) is 15.8. The molecular weight excluding hydrogens is 327 g/mol. The van der Waals surface area contributed by atoms with Crippen LogP contribution >= 0.6 is 0 Å². The van der Waals surface area contributed by atoms with Crippen LogP contribution in [0.25, 0.3) is 6.08 Å². The summed E-state index contributed by atoms with van der Waals surface area (Å²) in [5, 5.41) is 19.5. The average molecular weight is 356 g/mol. The van der Waals surface area contributed by atoms with E-state index in [0.717, 1.165) is 42.4 Å².